The Morgan fingerprint density at radius 2 is 1.42 bits per heavy atom. The van der Waals surface area contributed by atoms with Crippen molar-refractivity contribution in [2.24, 2.45) is 5.92 Å². The van der Waals surface area contributed by atoms with Crippen LogP contribution in [0.15, 0.2) is 0 Å². The van der Waals surface area contributed by atoms with Crippen molar-refractivity contribution < 1.29 is 19.4 Å². The molecule has 0 aromatic carbocycles. The Morgan fingerprint density at radius 1 is 0.968 bits per heavy atom. The number of nitrogens with zero attached hydrogens (tertiary/aromatic N) is 1. The molecule has 0 aromatic heterocycles. The van der Waals surface area contributed by atoms with E-state index in [0.29, 0.717) is 13.0 Å². The van der Waals surface area contributed by atoms with Gasteiger partial charge in [0.2, 0.25) is 0 Å². The van der Waals surface area contributed by atoms with Crippen LogP contribution in [0, 0.1) is 5.92 Å². The number of nitrogens with one attached hydrogen (secondary N) is 1. The second-order valence-electron chi connectivity index (χ2n) is 10.6. The number of hydrogen-bond acceptors (Lipinski definition) is 4. The molecule has 2 fully saturated rings. The molecule has 0 saturated heterocycles. The number of carbonyl (C=O) groups is 2. The summed E-state index contributed by atoms with van der Waals surface area (Å²) in [5.74, 6) is -0.793. The van der Waals surface area contributed by atoms with E-state index in [1.54, 1.807) is 27.7 Å². The first-order valence-electron chi connectivity index (χ1n) is 12.5. The Balaban J connectivity index is 0.000000323. The van der Waals surface area contributed by atoms with Crippen LogP contribution < -0.4 is 5.32 Å². The van der Waals surface area contributed by atoms with Crippen molar-refractivity contribution in [1.29, 1.82) is 0 Å². The summed E-state index contributed by atoms with van der Waals surface area (Å²) in [6.45, 7) is 11.2. The van der Waals surface area contributed by atoms with Crippen LogP contribution in [0.5, 0.6) is 0 Å². The number of carboxylic acid groups (broad SMARTS) is 1. The largest absolute Gasteiger partial charge is 0.480 e. The van der Waals surface area contributed by atoms with Gasteiger partial charge in [0.25, 0.3) is 0 Å². The molecule has 1 atom stereocenters. The van der Waals surface area contributed by atoms with Gasteiger partial charge in [-0.2, -0.15) is 0 Å². The van der Waals surface area contributed by atoms with Crippen molar-refractivity contribution in [3.63, 3.8) is 0 Å². The van der Waals surface area contributed by atoms with E-state index in [9.17, 15) is 14.7 Å². The second-order valence-corrected chi connectivity index (χ2v) is 10.6. The fourth-order valence-electron chi connectivity index (χ4n) is 4.48. The third-order valence-electron chi connectivity index (χ3n) is 6.01. The van der Waals surface area contributed by atoms with Gasteiger partial charge in [-0.25, -0.2) is 9.59 Å². The number of hydrogen-bond donors (Lipinski definition) is 2. The van der Waals surface area contributed by atoms with Crippen LogP contribution in [0.4, 0.5) is 4.79 Å². The third kappa shape index (κ3) is 11.8. The van der Waals surface area contributed by atoms with E-state index in [4.69, 9.17) is 4.74 Å². The summed E-state index contributed by atoms with van der Waals surface area (Å²) in [6.07, 6.45) is 14.4. The van der Waals surface area contributed by atoms with Gasteiger partial charge < -0.3 is 15.2 Å². The normalized spacial score (nSPS) is 19.3. The highest BCUT2D eigenvalue weighted by Crippen LogP contribution is 2.22. The highest BCUT2D eigenvalue weighted by molar-refractivity contribution is 5.80. The predicted molar refractivity (Wildman–Crippen MR) is 126 cm³/mol. The van der Waals surface area contributed by atoms with Gasteiger partial charge in [0, 0.05) is 18.6 Å². The summed E-state index contributed by atoms with van der Waals surface area (Å²) < 4.78 is 5.23. The highest BCUT2D eigenvalue weighted by atomic mass is 16.6. The molecule has 0 aliphatic heterocycles. The number of carboxylic acids is 1. The number of likely N-dealkylation sites (N-methyl/N-ethyl adjacent to an activating group) is 1. The lowest BCUT2D eigenvalue weighted by Crippen LogP contribution is -2.47. The van der Waals surface area contributed by atoms with Crippen molar-refractivity contribution in [3.8, 4) is 0 Å². The summed E-state index contributed by atoms with van der Waals surface area (Å²) in [6, 6.07) is 0.915. The number of rotatable bonds is 7. The molecule has 0 radical (unpaired) electrons. The standard InChI is InChI=1S/C13H25NO4.C12H23N/c1-7-14(12(17)18-13(4,5)6)10(11(15)16)8-9(2)3;1-3-7-11(8-4-1)13-12-9-5-2-6-10-12/h9-10H,7-8H2,1-6H3,(H,15,16);11-13H,1-10H2/t10-;/m0./s1. The first-order valence-corrected chi connectivity index (χ1v) is 12.5. The Bertz CT molecular complexity index is 502. The molecular weight excluding hydrogens is 392 g/mol. The van der Waals surface area contributed by atoms with Crippen LogP contribution in [-0.2, 0) is 9.53 Å². The van der Waals surface area contributed by atoms with Crippen molar-refractivity contribution in [2.45, 2.75) is 136 Å². The SMILES string of the molecule is C1CCC(NC2CCCCC2)CC1.CCN(C(=O)OC(C)(C)C)[C@@H](CC(C)C)C(=O)O. The summed E-state index contributed by atoms with van der Waals surface area (Å²) in [5, 5.41) is 13.1. The van der Waals surface area contributed by atoms with Gasteiger partial charge in [-0.3, -0.25) is 4.90 Å². The average Bonchev–Trinajstić information content (AvgIpc) is 2.68. The maximum Gasteiger partial charge on any atom is 0.411 e. The lowest BCUT2D eigenvalue weighted by Gasteiger charge is -2.31. The second kappa shape index (κ2) is 14.0. The summed E-state index contributed by atoms with van der Waals surface area (Å²) in [5.41, 5.74) is -0.620. The van der Waals surface area contributed by atoms with E-state index in [0.717, 1.165) is 12.1 Å². The zero-order valence-corrected chi connectivity index (χ0v) is 20.9. The zero-order chi connectivity index (χ0) is 23.4. The van der Waals surface area contributed by atoms with Crippen molar-refractivity contribution in [3.05, 3.63) is 0 Å². The van der Waals surface area contributed by atoms with Crippen LogP contribution in [0.25, 0.3) is 0 Å². The van der Waals surface area contributed by atoms with Crippen LogP contribution in [-0.4, -0.2) is 52.3 Å². The van der Waals surface area contributed by atoms with E-state index in [2.05, 4.69) is 5.32 Å². The molecule has 0 spiro atoms. The monoisotopic (exact) mass is 440 g/mol. The van der Waals surface area contributed by atoms with Crippen LogP contribution in [0.3, 0.4) is 0 Å². The highest BCUT2D eigenvalue weighted by Gasteiger charge is 2.32. The molecule has 0 aromatic rings. The molecule has 31 heavy (non-hydrogen) atoms. The zero-order valence-electron chi connectivity index (χ0n) is 20.9. The fraction of sp³-hybridized carbons (Fsp3) is 0.920. The first-order chi connectivity index (χ1) is 14.5. The van der Waals surface area contributed by atoms with Gasteiger partial charge in [0.15, 0.2) is 0 Å². The van der Waals surface area contributed by atoms with E-state index in [-0.39, 0.29) is 5.92 Å². The predicted octanol–water partition coefficient (Wildman–Crippen LogP) is 5.98. The number of amides is 1. The number of aliphatic carboxylic acids is 1. The van der Waals surface area contributed by atoms with E-state index in [1.807, 2.05) is 13.8 Å². The van der Waals surface area contributed by atoms with Gasteiger partial charge in [0.1, 0.15) is 11.6 Å². The van der Waals surface area contributed by atoms with Gasteiger partial charge >= 0.3 is 12.1 Å². The molecule has 0 unspecified atom stereocenters. The van der Waals surface area contributed by atoms with Crippen LogP contribution in [0.2, 0.25) is 0 Å². The maximum absolute atomic E-state index is 12.0. The molecule has 2 rings (SSSR count). The smallest absolute Gasteiger partial charge is 0.411 e. The van der Waals surface area contributed by atoms with Crippen LogP contribution in [0.1, 0.15) is 112 Å². The summed E-state index contributed by atoms with van der Waals surface area (Å²) >= 11 is 0. The van der Waals surface area contributed by atoms with Crippen molar-refractivity contribution >= 4 is 12.1 Å². The first kappa shape index (κ1) is 27.7. The molecule has 2 N–H and O–H groups in total. The maximum atomic E-state index is 12.0. The number of carbonyl (C=O) groups excluding carboxylic acids is 1. The Hall–Kier alpha value is -1.30. The lowest BCUT2D eigenvalue weighted by molar-refractivity contribution is -0.143. The van der Waals surface area contributed by atoms with Crippen LogP contribution >= 0.6 is 0 Å². The van der Waals surface area contributed by atoms with E-state index >= 15 is 0 Å². The minimum Gasteiger partial charge on any atom is -0.480 e. The topological polar surface area (TPSA) is 78.9 Å². The molecule has 2 aliphatic rings. The molecule has 2 saturated carbocycles. The van der Waals surface area contributed by atoms with Gasteiger partial charge in [0.05, 0.1) is 0 Å². The van der Waals surface area contributed by atoms with Crippen molar-refractivity contribution in [2.75, 3.05) is 6.54 Å². The molecule has 6 heteroatoms. The molecule has 2 aliphatic carbocycles. The molecule has 0 heterocycles. The molecule has 182 valence electrons. The van der Waals surface area contributed by atoms with Gasteiger partial charge in [-0.1, -0.05) is 52.4 Å². The van der Waals surface area contributed by atoms with E-state index < -0.39 is 23.7 Å². The number of ether oxygens (including phenoxy) is 1. The minimum atomic E-state index is -0.989. The quantitative estimate of drug-likeness (QED) is 0.509. The lowest BCUT2D eigenvalue weighted by atomic mass is 9.91. The van der Waals surface area contributed by atoms with Crippen molar-refractivity contribution in [1.82, 2.24) is 10.2 Å². The van der Waals surface area contributed by atoms with Gasteiger partial charge in [-0.15, -0.1) is 0 Å². The van der Waals surface area contributed by atoms with Gasteiger partial charge in [-0.05, 0) is 65.7 Å². The minimum absolute atomic E-state index is 0.197. The molecule has 0 bridgehead atoms. The molecule has 6 nitrogen and oxygen atoms in total. The Labute approximate surface area is 190 Å². The summed E-state index contributed by atoms with van der Waals surface area (Å²) in [4.78, 5) is 24.5. The fourth-order valence-corrected chi connectivity index (χ4v) is 4.48. The Morgan fingerprint density at radius 3 is 1.74 bits per heavy atom. The van der Waals surface area contributed by atoms with E-state index in [1.165, 1.54) is 69.1 Å². The third-order valence-corrected chi connectivity index (χ3v) is 6.01. The Kier molecular flexibility index (Phi) is 12.5. The average molecular weight is 441 g/mol. The molecule has 1 amide bonds. The summed E-state index contributed by atoms with van der Waals surface area (Å²) in [7, 11) is 0. The molecular formula is C25H48N2O4.